The van der Waals surface area contributed by atoms with Crippen LogP contribution in [-0.2, 0) is 0 Å². The fourth-order valence-corrected chi connectivity index (χ4v) is 1.59. The van der Waals surface area contributed by atoms with E-state index < -0.39 is 12.3 Å². The Bertz CT molecular complexity index is 129. The standard InChI is InChI=1S/C11H22F2O/c1-8(2)10(11(12)13)5-4-9(3)6-7-14/h8-11,14H,4-7H2,1-3H3. The summed E-state index contributed by atoms with van der Waals surface area (Å²) in [5.74, 6) is -0.104. The second kappa shape index (κ2) is 7.16. The maximum absolute atomic E-state index is 12.5. The molecule has 3 heteroatoms. The molecule has 1 nitrogen and oxygen atoms in total. The van der Waals surface area contributed by atoms with Crippen LogP contribution in [0.1, 0.15) is 40.0 Å². The van der Waals surface area contributed by atoms with Gasteiger partial charge in [-0.3, -0.25) is 0 Å². The van der Waals surface area contributed by atoms with Crippen molar-refractivity contribution in [2.45, 2.75) is 46.5 Å². The molecule has 0 aromatic heterocycles. The van der Waals surface area contributed by atoms with Crippen molar-refractivity contribution in [3.63, 3.8) is 0 Å². The Morgan fingerprint density at radius 2 is 1.57 bits per heavy atom. The van der Waals surface area contributed by atoms with Crippen LogP contribution in [0.4, 0.5) is 8.78 Å². The molecule has 1 N–H and O–H groups in total. The molecule has 0 amide bonds. The van der Waals surface area contributed by atoms with E-state index in [0.717, 1.165) is 6.42 Å². The molecule has 0 radical (unpaired) electrons. The molecule has 0 heterocycles. The van der Waals surface area contributed by atoms with Crippen molar-refractivity contribution in [1.29, 1.82) is 0 Å². The highest BCUT2D eigenvalue weighted by Crippen LogP contribution is 2.26. The fourth-order valence-electron chi connectivity index (χ4n) is 1.59. The van der Waals surface area contributed by atoms with E-state index in [1.807, 2.05) is 20.8 Å². The summed E-state index contributed by atoms with van der Waals surface area (Å²) in [7, 11) is 0. The fraction of sp³-hybridized carbons (Fsp3) is 1.00. The summed E-state index contributed by atoms with van der Waals surface area (Å²) >= 11 is 0. The maximum Gasteiger partial charge on any atom is 0.241 e. The normalized spacial score (nSPS) is 16.3. The van der Waals surface area contributed by atoms with E-state index in [-0.39, 0.29) is 12.5 Å². The zero-order valence-electron chi connectivity index (χ0n) is 9.34. The lowest BCUT2D eigenvalue weighted by Crippen LogP contribution is -2.18. The van der Waals surface area contributed by atoms with E-state index in [9.17, 15) is 8.78 Å². The Balaban J connectivity index is 3.82. The first-order chi connectivity index (χ1) is 6.49. The molecule has 0 saturated heterocycles. The Morgan fingerprint density at radius 3 is 1.93 bits per heavy atom. The molecule has 14 heavy (non-hydrogen) atoms. The molecular weight excluding hydrogens is 186 g/mol. The van der Waals surface area contributed by atoms with Gasteiger partial charge in [-0.25, -0.2) is 8.78 Å². The van der Waals surface area contributed by atoms with Crippen LogP contribution in [0.2, 0.25) is 0 Å². The zero-order valence-corrected chi connectivity index (χ0v) is 9.34. The quantitative estimate of drug-likeness (QED) is 0.680. The lowest BCUT2D eigenvalue weighted by Gasteiger charge is -2.21. The predicted octanol–water partition coefficient (Wildman–Crippen LogP) is 3.32. The first kappa shape index (κ1) is 13.8. The van der Waals surface area contributed by atoms with Crippen molar-refractivity contribution >= 4 is 0 Å². The van der Waals surface area contributed by atoms with E-state index in [0.29, 0.717) is 18.8 Å². The van der Waals surface area contributed by atoms with Crippen LogP contribution in [0, 0.1) is 17.8 Å². The number of rotatable bonds is 7. The average molecular weight is 208 g/mol. The van der Waals surface area contributed by atoms with Crippen LogP contribution in [0.15, 0.2) is 0 Å². The maximum atomic E-state index is 12.5. The molecule has 0 saturated carbocycles. The van der Waals surface area contributed by atoms with Crippen LogP contribution in [-0.4, -0.2) is 18.1 Å². The van der Waals surface area contributed by atoms with Gasteiger partial charge in [-0.2, -0.15) is 0 Å². The third-order valence-corrected chi connectivity index (χ3v) is 2.79. The molecule has 0 aliphatic heterocycles. The Kier molecular flexibility index (Phi) is 7.06. The lowest BCUT2D eigenvalue weighted by molar-refractivity contribution is 0.0431. The molecule has 86 valence electrons. The minimum absolute atomic E-state index is 0.0383. The molecule has 0 aliphatic carbocycles. The Labute approximate surface area is 85.5 Å². The number of halogens is 2. The summed E-state index contributed by atoms with van der Waals surface area (Å²) in [6, 6.07) is 0. The van der Waals surface area contributed by atoms with Gasteiger partial charge in [-0.05, 0) is 24.7 Å². The highest BCUT2D eigenvalue weighted by molar-refractivity contribution is 4.67. The van der Waals surface area contributed by atoms with Gasteiger partial charge in [0.15, 0.2) is 0 Å². The second-order valence-corrected chi connectivity index (χ2v) is 4.44. The summed E-state index contributed by atoms with van der Waals surface area (Å²) in [6.07, 6.45) is -0.144. The third kappa shape index (κ3) is 5.53. The SMILES string of the molecule is CC(CCO)CCC(C(C)C)C(F)F. The van der Waals surface area contributed by atoms with Crippen LogP contribution in [0.5, 0.6) is 0 Å². The number of hydrogen-bond acceptors (Lipinski definition) is 1. The van der Waals surface area contributed by atoms with E-state index in [4.69, 9.17) is 5.11 Å². The predicted molar refractivity (Wildman–Crippen MR) is 54.4 cm³/mol. The summed E-state index contributed by atoms with van der Waals surface area (Å²) in [4.78, 5) is 0. The van der Waals surface area contributed by atoms with Gasteiger partial charge in [0.05, 0.1) is 0 Å². The van der Waals surface area contributed by atoms with Crippen molar-refractivity contribution in [3.05, 3.63) is 0 Å². The van der Waals surface area contributed by atoms with Gasteiger partial charge in [-0.1, -0.05) is 27.2 Å². The molecule has 0 spiro atoms. The van der Waals surface area contributed by atoms with Crippen LogP contribution in [0.25, 0.3) is 0 Å². The van der Waals surface area contributed by atoms with E-state index in [2.05, 4.69) is 0 Å². The molecule has 2 atom stereocenters. The lowest BCUT2D eigenvalue weighted by atomic mass is 9.88. The topological polar surface area (TPSA) is 20.2 Å². The van der Waals surface area contributed by atoms with Crippen LogP contribution in [0.3, 0.4) is 0 Å². The molecule has 0 aromatic rings. The number of aliphatic hydroxyl groups excluding tert-OH is 1. The summed E-state index contributed by atoms with van der Waals surface area (Å²) in [5, 5.41) is 8.67. The number of hydrogen-bond donors (Lipinski definition) is 1. The molecule has 0 rings (SSSR count). The van der Waals surface area contributed by atoms with Crippen LogP contribution < -0.4 is 0 Å². The minimum Gasteiger partial charge on any atom is -0.396 e. The summed E-state index contributed by atoms with van der Waals surface area (Å²) in [6.45, 7) is 5.84. The third-order valence-electron chi connectivity index (χ3n) is 2.79. The van der Waals surface area contributed by atoms with Crippen molar-refractivity contribution in [2.24, 2.45) is 17.8 Å². The second-order valence-electron chi connectivity index (χ2n) is 4.44. The van der Waals surface area contributed by atoms with Crippen molar-refractivity contribution in [1.82, 2.24) is 0 Å². The van der Waals surface area contributed by atoms with Crippen molar-refractivity contribution < 1.29 is 13.9 Å². The number of aliphatic hydroxyl groups is 1. The monoisotopic (exact) mass is 208 g/mol. The molecular formula is C11H22F2O. The summed E-state index contributed by atoms with van der Waals surface area (Å²) in [5.41, 5.74) is 0. The zero-order chi connectivity index (χ0) is 11.1. The molecule has 0 bridgehead atoms. The first-order valence-corrected chi connectivity index (χ1v) is 5.38. The average Bonchev–Trinajstić information content (AvgIpc) is 2.03. The Hall–Kier alpha value is -0.180. The largest absolute Gasteiger partial charge is 0.396 e. The van der Waals surface area contributed by atoms with E-state index in [1.165, 1.54) is 0 Å². The molecule has 2 unspecified atom stereocenters. The van der Waals surface area contributed by atoms with Crippen molar-refractivity contribution in [2.75, 3.05) is 6.61 Å². The van der Waals surface area contributed by atoms with Crippen LogP contribution >= 0.6 is 0 Å². The van der Waals surface area contributed by atoms with E-state index in [1.54, 1.807) is 0 Å². The van der Waals surface area contributed by atoms with Gasteiger partial charge < -0.3 is 5.11 Å². The molecule has 0 aromatic carbocycles. The van der Waals surface area contributed by atoms with Gasteiger partial charge in [-0.15, -0.1) is 0 Å². The minimum atomic E-state index is -2.21. The van der Waals surface area contributed by atoms with Gasteiger partial charge in [0.25, 0.3) is 0 Å². The first-order valence-electron chi connectivity index (χ1n) is 5.38. The molecule has 0 aliphatic rings. The Morgan fingerprint density at radius 1 is 1.00 bits per heavy atom. The summed E-state index contributed by atoms with van der Waals surface area (Å²) < 4.78 is 25.1. The van der Waals surface area contributed by atoms with Gasteiger partial charge in [0.1, 0.15) is 0 Å². The van der Waals surface area contributed by atoms with Gasteiger partial charge in [0.2, 0.25) is 6.43 Å². The van der Waals surface area contributed by atoms with Gasteiger partial charge in [0, 0.05) is 12.5 Å². The number of alkyl halides is 2. The van der Waals surface area contributed by atoms with Crippen molar-refractivity contribution in [3.8, 4) is 0 Å². The molecule has 0 fully saturated rings. The highest BCUT2D eigenvalue weighted by Gasteiger charge is 2.23. The smallest absolute Gasteiger partial charge is 0.241 e. The van der Waals surface area contributed by atoms with Gasteiger partial charge >= 0.3 is 0 Å². The highest BCUT2D eigenvalue weighted by atomic mass is 19.3. The van der Waals surface area contributed by atoms with E-state index >= 15 is 0 Å².